The van der Waals surface area contributed by atoms with E-state index in [1.165, 1.54) is 0 Å². The molecule has 28 heavy (non-hydrogen) atoms. The molecule has 4 heteroatoms. The van der Waals surface area contributed by atoms with Crippen LogP contribution >= 0.6 is 0 Å². The summed E-state index contributed by atoms with van der Waals surface area (Å²) in [6, 6.07) is 0. The van der Waals surface area contributed by atoms with Crippen molar-refractivity contribution in [2.45, 2.75) is 118 Å². The van der Waals surface area contributed by atoms with Crippen LogP contribution in [0.3, 0.4) is 0 Å². The Morgan fingerprint density at radius 2 is 1.57 bits per heavy atom. The van der Waals surface area contributed by atoms with Crippen LogP contribution in [0.5, 0.6) is 0 Å². The fraction of sp³-hybridized carbons (Fsp3) is 0.917. The van der Waals surface area contributed by atoms with Crippen LogP contribution in [0.2, 0.25) is 0 Å². The second kappa shape index (κ2) is 11.8. The van der Waals surface area contributed by atoms with Gasteiger partial charge in [-0.2, -0.15) is 0 Å². The Morgan fingerprint density at radius 3 is 2.00 bits per heavy atom. The average Bonchev–Trinajstić information content (AvgIpc) is 2.68. The highest BCUT2D eigenvalue weighted by atomic mass is 16.4. The number of unbranched alkanes of at least 4 members (excludes halogenated alkanes) is 2. The molecule has 3 atom stereocenters. The molecule has 1 rings (SSSR count). The lowest BCUT2D eigenvalue weighted by Crippen LogP contribution is -2.47. The van der Waals surface area contributed by atoms with Crippen molar-refractivity contribution in [1.29, 1.82) is 0 Å². The molecule has 0 amide bonds. The molecule has 1 aliphatic carbocycles. The topological polar surface area (TPSA) is 74.6 Å². The number of carboxylic acids is 2. The molecule has 0 aliphatic heterocycles. The highest BCUT2D eigenvalue weighted by Gasteiger charge is 2.52. The van der Waals surface area contributed by atoms with E-state index in [1.807, 2.05) is 6.92 Å². The van der Waals surface area contributed by atoms with E-state index >= 15 is 0 Å². The Labute approximate surface area is 172 Å². The molecule has 1 fully saturated rings. The van der Waals surface area contributed by atoms with E-state index in [1.54, 1.807) is 0 Å². The van der Waals surface area contributed by atoms with Crippen molar-refractivity contribution in [3.63, 3.8) is 0 Å². The minimum atomic E-state index is -0.788. The molecule has 0 aromatic heterocycles. The summed E-state index contributed by atoms with van der Waals surface area (Å²) in [6.07, 6.45) is 12.5. The zero-order valence-corrected chi connectivity index (χ0v) is 18.8. The molecule has 0 heterocycles. The van der Waals surface area contributed by atoms with Crippen molar-refractivity contribution in [3.05, 3.63) is 0 Å². The summed E-state index contributed by atoms with van der Waals surface area (Å²) in [5, 5.41) is 20.5. The highest BCUT2D eigenvalue weighted by Crippen LogP contribution is 2.55. The van der Waals surface area contributed by atoms with Gasteiger partial charge in [-0.3, -0.25) is 9.59 Å². The first-order chi connectivity index (χ1) is 13.3. The molecule has 164 valence electrons. The lowest BCUT2D eigenvalue weighted by atomic mass is 9.54. The second-order valence-corrected chi connectivity index (χ2v) is 9.27. The molecule has 0 saturated heterocycles. The van der Waals surface area contributed by atoms with E-state index in [0.29, 0.717) is 19.3 Å². The number of hydrogen-bond acceptors (Lipinski definition) is 2. The van der Waals surface area contributed by atoms with E-state index in [9.17, 15) is 19.8 Å². The van der Waals surface area contributed by atoms with Crippen LogP contribution in [0.15, 0.2) is 0 Å². The Hall–Kier alpha value is -1.06. The van der Waals surface area contributed by atoms with E-state index < -0.39 is 23.3 Å². The van der Waals surface area contributed by atoms with Crippen LogP contribution in [0, 0.1) is 22.7 Å². The first-order valence-electron chi connectivity index (χ1n) is 11.8. The first kappa shape index (κ1) is 25.0. The highest BCUT2D eigenvalue weighted by molar-refractivity contribution is 5.75. The fourth-order valence-corrected chi connectivity index (χ4v) is 5.80. The maximum atomic E-state index is 12.6. The zero-order chi connectivity index (χ0) is 21.2. The van der Waals surface area contributed by atoms with Crippen LogP contribution in [-0.2, 0) is 9.59 Å². The summed E-state index contributed by atoms with van der Waals surface area (Å²) >= 11 is 0. The number of carboxylic acid groups (broad SMARTS) is 2. The van der Waals surface area contributed by atoms with Gasteiger partial charge in [0.25, 0.3) is 0 Å². The van der Waals surface area contributed by atoms with Gasteiger partial charge in [0.05, 0.1) is 11.3 Å². The molecule has 0 aromatic rings. The molecule has 2 N–H and O–H groups in total. The molecular formula is C24H44O4. The van der Waals surface area contributed by atoms with Gasteiger partial charge in [-0.25, -0.2) is 0 Å². The van der Waals surface area contributed by atoms with Crippen LogP contribution in [0.25, 0.3) is 0 Å². The summed E-state index contributed by atoms with van der Waals surface area (Å²) in [5.41, 5.74) is -1.16. The maximum absolute atomic E-state index is 12.6. The lowest BCUT2D eigenvalue weighted by molar-refractivity contribution is -0.162. The van der Waals surface area contributed by atoms with Crippen LogP contribution in [0.1, 0.15) is 118 Å². The standard InChI is InChI=1S/C24H44O4/c1-5-9-14-19(7-3)20(21(25)26)24(16-12-11-13-17-24)18-23(8-4,22(27)28)15-10-6-2/h19-20H,5-18H2,1-4H3,(H,25,26)(H,27,28). The summed E-state index contributed by atoms with van der Waals surface area (Å²) in [4.78, 5) is 25.0. The quantitative estimate of drug-likeness (QED) is 0.334. The first-order valence-corrected chi connectivity index (χ1v) is 11.8. The van der Waals surface area contributed by atoms with E-state index in [-0.39, 0.29) is 11.3 Å². The van der Waals surface area contributed by atoms with E-state index in [2.05, 4.69) is 20.8 Å². The predicted molar refractivity (Wildman–Crippen MR) is 114 cm³/mol. The van der Waals surface area contributed by atoms with Crippen molar-refractivity contribution < 1.29 is 19.8 Å². The molecule has 1 aliphatic rings. The van der Waals surface area contributed by atoms with E-state index in [0.717, 1.165) is 70.6 Å². The molecule has 0 radical (unpaired) electrons. The van der Waals surface area contributed by atoms with Gasteiger partial charge in [-0.1, -0.05) is 79.1 Å². The Bertz CT molecular complexity index is 481. The van der Waals surface area contributed by atoms with Gasteiger partial charge in [-0.15, -0.1) is 0 Å². The number of aliphatic carboxylic acids is 2. The van der Waals surface area contributed by atoms with Gasteiger partial charge < -0.3 is 10.2 Å². The minimum Gasteiger partial charge on any atom is -0.481 e. The zero-order valence-electron chi connectivity index (χ0n) is 18.8. The smallest absolute Gasteiger partial charge is 0.309 e. The van der Waals surface area contributed by atoms with Gasteiger partial charge in [0.15, 0.2) is 0 Å². The van der Waals surface area contributed by atoms with Gasteiger partial charge in [0, 0.05) is 0 Å². The third-order valence-electron chi connectivity index (χ3n) is 7.53. The van der Waals surface area contributed by atoms with Crippen molar-refractivity contribution in [2.24, 2.45) is 22.7 Å². The Kier molecular flexibility index (Phi) is 10.5. The van der Waals surface area contributed by atoms with Crippen LogP contribution in [-0.4, -0.2) is 22.2 Å². The molecular weight excluding hydrogens is 352 g/mol. The summed E-state index contributed by atoms with van der Waals surface area (Å²) < 4.78 is 0. The van der Waals surface area contributed by atoms with Gasteiger partial charge in [0.2, 0.25) is 0 Å². The molecule has 0 aromatic carbocycles. The minimum absolute atomic E-state index is 0.144. The summed E-state index contributed by atoms with van der Waals surface area (Å²) in [5.74, 6) is -1.70. The van der Waals surface area contributed by atoms with Gasteiger partial charge in [0.1, 0.15) is 0 Å². The molecule has 1 saturated carbocycles. The van der Waals surface area contributed by atoms with E-state index in [4.69, 9.17) is 0 Å². The largest absolute Gasteiger partial charge is 0.481 e. The van der Waals surface area contributed by atoms with Crippen molar-refractivity contribution in [2.75, 3.05) is 0 Å². The Balaban J connectivity index is 3.36. The molecule has 0 spiro atoms. The summed E-state index contributed by atoms with van der Waals surface area (Å²) in [6.45, 7) is 8.32. The monoisotopic (exact) mass is 396 g/mol. The summed E-state index contributed by atoms with van der Waals surface area (Å²) in [7, 11) is 0. The number of carbonyl (C=O) groups is 2. The van der Waals surface area contributed by atoms with Crippen molar-refractivity contribution >= 4 is 11.9 Å². The lowest BCUT2D eigenvalue weighted by Gasteiger charge is -2.49. The molecule has 4 nitrogen and oxygen atoms in total. The van der Waals surface area contributed by atoms with Crippen LogP contribution in [0.4, 0.5) is 0 Å². The maximum Gasteiger partial charge on any atom is 0.309 e. The van der Waals surface area contributed by atoms with Crippen molar-refractivity contribution in [3.8, 4) is 0 Å². The third-order valence-corrected chi connectivity index (χ3v) is 7.53. The number of hydrogen-bond donors (Lipinski definition) is 2. The molecule has 0 bridgehead atoms. The number of rotatable bonds is 14. The average molecular weight is 397 g/mol. The second-order valence-electron chi connectivity index (χ2n) is 9.27. The third kappa shape index (κ3) is 5.97. The van der Waals surface area contributed by atoms with Crippen molar-refractivity contribution in [1.82, 2.24) is 0 Å². The SMILES string of the molecule is CCCCC(CC)C(C(=O)O)C1(CC(CC)(CCCC)C(=O)O)CCCCC1. The van der Waals surface area contributed by atoms with Crippen LogP contribution < -0.4 is 0 Å². The fourth-order valence-electron chi connectivity index (χ4n) is 5.80. The van der Waals surface area contributed by atoms with Gasteiger partial charge in [-0.05, 0) is 49.9 Å². The normalized spacial score (nSPS) is 20.9. The Morgan fingerprint density at radius 1 is 0.964 bits per heavy atom. The predicted octanol–water partition coefficient (Wildman–Crippen LogP) is 6.92. The van der Waals surface area contributed by atoms with Gasteiger partial charge >= 0.3 is 11.9 Å². The molecule has 3 unspecified atom stereocenters.